The quantitative estimate of drug-likeness (QED) is 0.786. The third-order valence-corrected chi connectivity index (χ3v) is 2.12. The van der Waals surface area contributed by atoms with E-state index in [1.807, 2.05) is 6.92 Å². The van der Waals surface area contributed by atoms with Gasteiger partial charge >= 0.3 is 6.18 Å². The zero-order valence-electron chi connectivity index (χ0n) is 8.14. The number of benzene rings is 1. The highest BCUT2D eigenvalue weighted by Gasteiger charge is 2.31. The SMILES string of the molecule is CCCOc1cc(C(F)(F)F)ccc1S. The number of hydrogen-bond acceptors (Lipinski definition) is 2. The fraction of sp³-hybridized carbons (Fsp3) is 0.400. The van der Waals surface area contributed by atoms with Gasteiger partial charge < -0.3 is 4.74 Å². The van der Waals surface area contributed by atoms with Gasteiger partial charge in [-0.05, 0) is 24.6 Å². The molecule has 0 aliphatic rings. The van der Waals surface area contributed by atoms with Crippen LogP contribution in [0.2, 0.25) is 0 Å². The molecule has 0 unspecified atom stereocenters. The molecule has 0 amide bonds. The molecule has 0 spiro atoms. The first-order chi connectivity index (χ1) is 6.95. The summed E-state index contributed by atoms with van der Waals surface area (Å²) < 4.78 is 42.2. The molecular weight excluding hydrogens is 225 g/mol. The molecule has 0 saturated heterocycles. The minimum absolute atomic E-state index is 0.176. The average Bonchev–Trinajstić information content (AvgIpc) is 2.15. The van der Waals surface area contributed by atoms with Gasteiger partial charge in [-0.2, -0.15) is 13.2 Å². The standard InChI is InChI=1S/C10H11F3OS/c1-2-5-14-8-6-7(10(11,12)13)3-4-9(8)15/h3-4,6,15H,2,5H2,1H3. The molecule has 1 rings (SSSR count). The summed E-state index contributed by atoms with van der Waals surface area (Å²) in [5, 5.41) is 0. The Balaban J connectivity index is 2.95. The maximum atomic E-state index is 12.3. The number of hydrogen-bond donors (Lipinski definition) is 1. The summed E-state index contributed by atoms with van der Waals surface area (Å²) >= 11 is 4.02. The molecule has 0 heterocycles. The number of alkyl halides is 3. The Bertz CT molecular complexity index is 336. The molecule has 0 N–H and O–H groups in total. The summed E-state index contributed by atoms with van der Waals surface area (Å²) in [6, 6.07) is 3.25. The molecule has 0 bridgehead atoms. The second kappa shape index (κ2) is 4.79. The van der Waals surface area contributed by atoms with Crippen molar-refractivity contribution in [3.05, 3.63) is 23.8 Å². The maximum Gasteiger partial charge on any atom is 0.416 e. The van der Waals surface area contributed by atoms with Crippen LogP contribution < -0.4 is 4.74 Å². The lowest BCUT2D eigenvalue weighted by molar-refractivity contribution is -0.137. The van der Waals surface area contributed by atoms with Gasteiger partial charge in [0, 0.05) is 4.90 Å². The van der Waals surface area contributed by atoms with Gasteiger partial charge in [-0.3, -0.25) is 0 Å². The Morgan fingerprint density at radius 3 is 2.53 bits per heavy atom. The minimum Gasteiger partial charge on any atom is -0.492 e. The Morgan fingerprint density at radius 1 is 1.33 bits per heavy atom. The van der Waals surface area contributed by atoms with E-state index in [1.54, 1.807) is 0 Å². The predicted molar refractivity (Wildman–Crippen MR) is 54.5 cm³/mol. The van der Waals surface area contributed by atoms with Crippen LogP contribution in [0.1, 0.15) is 18.9 Å². The van der Waals surface area contributed by atoms with E-state index in [2.05, 4.69) is 12.6 Å². The highest BCUT2D eigenvalue weighted by atomic mass is 32.1. The van der Waals surface area contributed by atoms with E-state index in [9.17, 15) is 13.2 Å². The molecule has 0 saturated carbocycles. The van der Waals surface area contributed by atoms with Crippen molar-refractivity contribution in [1.82, 2.24) is 0 Å². The third-order valence-electron chi connectivity index (χ3n) is 1.75. The molecule has 1 aromatic rings. The van der Waals surface area contributed by atoms with Crippen molar-refractivity contribution in [2.45, 2.75) is 24.4 Å². The summed E-state index contributed by atoms with van der Waals surface area (Å²) in [5.74, 6) is 0.176. The lowest BCUT2D eigenvalue weighted by atomic mass is 10.2. The van der Waals surface area contributed by atoms with Gasteiger partial charge in [-0.25, -0.2) is 0 Å². The summed E-state index contributed by atoms with van der Waals surface area (Å²) in [6.07, 6.45) is -3.60. The first kappa shape index (κ1) is 12.2. The van der Waals surface area contributed by atoms with Gasteiger partial charge in [-0.15, -0.1) is 12.6 Å². The van der Waals surface area contributed by atoms with E-state index in [1.165, 1.54) is 6.07 Å². The van der Waals surface area contributed by atoms with Crippen molar-refractivity contribution in [2.75, 3.05) is 6.61 Å². The molecule has 0 fully saturated rings. The van der Waals surface area contributed by atoms with Gasteiger partial charge in [0.15, 0.2) is 0 Å². The smallest absolute Gasteiger partial charge is 0.416 e. The van der Waals surface area contributed by atoms with Gasteiger partial charge in [0.05, 0.1) is 12.2 Å². The fourth-order valence-corrected chi connectivity index (χ4v) is 1.22. The normalized spacial score (nSPS) is 11.5. The molecule has 5 heteroatoms. The van der Waals surface area contributed by atoms with Crippen LogP contribution >= 0.6 is 12.6 Å². The van der Waals surface area contributed by atoms with Crippen LogP contribution in [0, 0.1) is 0 Å². The Labute approximate surface area is 91.7 Å². The maximum absolute atomic E-state index is 12.3. The van der Waals surface area contributed by atoms with E-state index in [0.717, 1.165) is 18.6 Å². The van der Waals surface area contributed by atoms with Crippen LogP contribution in [-0.4, -0.2) is 6.61 Å². The highest BCUT2D eigenvalue weighted by molar-refractivity contribution is 7.80. The van der Waals surface area contributed by atoms with Gasteiger partial charge in [0.1, 0.15) is 5.75 Å². The first-order valence-electron chi connectivity index (χ1n) is 4.48. The summed E-state index contributed by atoms with van der Waals surface area (Å²) in [4.78, 5) is 0.413. The number of halogens is 3. The van der Waals surface area contributed by atoms with Crippen LogP contribution in [0.5, 0.6) is 5.75 Å². The lowest BCUT2D eigenvalue weighted by Gasteiger charge is -2.11. The van der Waals surface area contributed by atoms with E-state index < -0.39 is 11.7 Å². The van der Waals surface area contributed by atoms with Crippen molar-refractivity contribution >= 4 is 12.6 Å². The third kappa shape index (κ3) is 3.34. The largest absolute Gasteiger partial charge is 0.492 e. The molecule has 15 heavy (non-hydrogen) atoms. The number of ether oxygens (including phenoxy) is 1. The van der Waals surface area contributed by atoms with Crippen LogP contribution in [0.3, 0.4) is 0 Å². The molecule has 1 aromatic carbocycles. The molecule has 0 radical (unpaired) electrons. The Hall–Kier alpha value is -0.840. The van der Waals surface area contributed by atoms with Crippen molar-refractivity contribution in [1.29, 1.82) is 0 Å². The second-order valence-electron chi connectivity index (χ2n) is 3.03. The zero-order chi connectivity index (χ0) is 11.5. The molecule has 0 aliphatic carbocycles. The molecule has 0 aromatic heterocycles. The van der Waals surface area contributed by atoms with E-state index in [-0.39, 0.29) is 5.75 Å². The summed E-state index contributed by atoms with van der Waals surface area (Å²) in [5.41, 5.74) is -0.716. The zero-order valence-corrected chi connectivity index (χ0v) is 9.03. The van der Waals surface area contributed by atoms with Gasteiger partial charge in [0.2, 0.25) is 0 Å². The minimum atomic E-state index is -4.34. The monoisotopic (exact) mass is 236 g/mol. The Kier molecular flexibility index (Phi) is 3.90. The van der Waals surface area contributed by atoms with Crippen molar-refractivity contribution < 1.29 is 17.9 Å². The molecule has 84 valence electrons. The number of thiol groups is 1. The molecule has 0 aliphatic heterocycles. The second-order valence-corrected chi connectivity index (χ2v) is 3.51. The lowest BCUT2D eigenvalue weighted by Crippen LogP contribution is -2.06. The van der Waals surface area contributed by atoms with Crippen LogP contribution in [-0.2, 0) is 6.18 Å². The summed E-state index contributed by atoms with van der Waals surface area (Å²) in [6.45, 7) is 2.26. The van der Waals surface area contributed by atoms with Crippen LogP contribution in [0.4, 0.5) is 13.2 Å². The van der Waals surface area contributed by atoms with E-state index in [4.69, 9.17) is 4.74 Å². The molecular formula is C10H11F3OS. The predicted octanol–water partition coefficient (Wildman–Crippen LogP) is 3.78. The molecule has 1 nitrogen and oxygen atoms in total. The van der Waals surface area contributed by atoms with Crippen molar-refractivity contribution in [3.8, 4) is 5.75 Å². The van der Waals surface area contributed by atoms with E-state index >= 15 is 0 Å². The molecule has 0 atom stereocenters. The fourth-order valence-electron chi connectivity index (χ4n) is 1.02. The average molecular weight is 236 g/mol. The number of rotatable bonds is 3. The van der Waals surface area contributed by atoms with Crippen molar-refractivity contribution in [2.24, 2.45) is 0 Å². The first-order valence-corrected chi connectivity index (χ1v) is 4.93. The topological polar surface area (TPSA) is 9.23 Å². The van der Waals surface area contributed by atoms with Gasteiger partial charge in [-0.1, -0.05) is 6.92 Å². The van der Waals surface area contributed by atoms with E-state index in [0.29, 0.717) is 11.5 Å². The summed E-state index contributed by atoms with van der Waals surface area (Å²) in [7, 11) is 0. The van der Waals surface area contributed by atoms with Crippen LogP contribution in [0.15, 0.2) is 23.1 Å². The van der Waals surface area contributed by atoms with Crippen LogP contribution in [0.25, 0.3) is 0 Å². The highest BCUT2D eigenvalue weighted by Crippen LogP contribution is 2.34. The van der Waals surface area contributed by atoms with Crippen molar-refractivity contribution in [3.63, 3.8) is 0 Å². The van der Waals surface area contributed by atoms with Gasteiger partial charge in [0.25, 0.3) is 0 Å². The Morgan fingerprint density at radius 2 is 2.00 bits per heavy atom.